The van der Waals surface area contributed by atoms with Gasteiger partial charge in [-0.25, -0.2) is 0 Å². The predicted octanol–water partition coefficient (Wildman–Crippen LogP) is -1.81. The van der Waals surface area contributed by atoms with Gasteiger partial charge in [-0.05, 0) is 18.3 Å². The highest BCUT2D eigenvalue weighted by Crippen LogP contribution is 2.19. The van der Waals surface area contributed by atoms with Crippen LogP contribution in [0, 0.1) is 10.1 Å². The minimum Gasteiger partial charge on any atom is -0.394 e. The first-order valence-electron chi connectivity index (χ1n) is 7.48. The van der Waals surface area contributed by atoms with Crippen molar-refractivity contribution in [3.63, 3.8) is 0 Å². The molecule has 11 nitrogen and oxygen atoms in total. The minimum absolute atomic E-state index is 0.107. The molecule has 0 spiro atoms. The van der Waals surface area contributed by atoms with Gasteiger partial charge in [-0.1, -0.05) is 12.1 Å². The monoisotopic (exact) mass is 386 g/mol. The summed E-state index contributed by atoms with van der Waals surface area (Å²) in [5.74, 6) is 0. The van der Waals surface area contributed by atoms with Crippen LogP contribution in [0.25, 0.3) is 0 Å². The molecule has 12 heteroatoms. The Bertz CT molecular complexity index is 687. The molecule has 1 aromatic rings. The van der Waals surface area contributed by atoms with Crippen LogP contribution in [0.2, 0.25) is 0 Å². The lowest BCUT2D eigenvalue weighted by atomic mass is 9.98. The third-order valence-electron chi connectivity index (χ3n) is 3.67. The summed E-state index contributed by atoms with van der Waals surface area (Å²) in [4.78, 5) is 10.4. The van der Waals surface area contributed by atoms with Crippen molar-refractivity contribution in [3.8, 4) is 0 Å². The van der Waals surface area contributed by atoms with E-state index in [-0.39, 0.29) is 16.4 Å². The third kappa shape index (κ3) is 4.69. The molecular weight excluding hydrogens is 368 g/mol. The van der Waals surface area contributed by atoms with E-state index in [1.165, 1.54) is 24.4 Å². The molecule has 26 heavy (non-hydrogen) atoms. The standard InChI is InChI=1S/C14H18N4O7S/c19-6-9-10(20)11(21)12(22)13(25-9)16-14(26)17-15-5-7-3-1-2-4-8(7)18(23)24/h1-5,9-13,19-22H,6H2,(H2,16,17,26)/b15-5-/t9-,10-,11+,12-,13-/m1/s1. The van der Waals surface area contributed by atoms with Crippen LogP contribution >= 0.6 is 12.2 Å². The second-order valence-electron chi connectivity index (χ2n) is 5.41. The lowest BCUT2D eigenvalue weighted by Gasteiger charge is -2.40. The number of hydrogen-bond acceptors (Lipinski definition) is 9. The summed E-state index contributed by atoms with van der Waals surface area (Å²) in [6, 6.07) is 5.95. The van der Waals surface area contributed by atoms with Crippen LogP contribution in [0.3, 0.4) is 0 Å². The molecule has 142 valence electrons. The van der Waals surface area contributed by atoms with Crippen LogP contribution < -0.4 is 10.7 Å². The van der Waals surface area contributed by atoms with Gasteiger partial charge in [0.15, 0.2) is 11.3 Å². The first kappa shape index (κ1) is 20.1. The molecule has 1 heterocycles. The average Bonchev–Trinajstić information content (AvgIpc) is 2.62. The van der Waals surface area contributed by atoms with Gasteiger partial charge in [0.1, 0.15) is 24.4 Å². The van der Waals surface area contributed by atoms with E-state index in [0.29, 0.717) is 0 Å². The number of nitrogens with one attached hydrogen (secondary N) is 2. The van der Waals surface area contributed by atoms with Gasteiger partial charge < -0.3 is 30.5 Å². The van der Waals surface area contributed by atoms with E-state index < -0.39 is 42.2 Å². The molecule has 5 atom stereocenters. The molecule has 1 fully saturated rings. The predicted molar refractivity (Wildman–Crippen MR) is 93.3 cm³/mol. The first-order chi connectivity index (χ1) is 12.3. The number of ether oxygens (including phenoxy) is 1. The van der Waals surface area contributed by atoms with E-state index in [1.54, 1.807) is 6.07 Å². The Morgan fingerprint density at radius 3 is 2.65 bits per heavy atom. The van der Waals surface area contributed by atoms with Gasteiger partial charge in [-0.2, -0.15) is 5.10 Å². The first-order valence-corrected chi connectivity index (χ1v) is 7.89. The van der Waals surface area contributed by atoms with Gasteiger partial charge >= 0.3 is 0 Å². The van der Waals surface area contributed by atoms with Crippen molar-refractivity contribution in [2.24, 2.45) is 5.10 Å². The number of benzene rings is 1. The fourth-order valence-corrected chi connectivity index (χ4v) is 2.47. The lowest BCUT2D eigenvalue weighted by Crippen LogP contribution is -2.63. The normalized spacial score (nSPS) is 28.7. The van der Waals surface area contributed by atoms with Gasteiger partial charge in [0.2, 0.25) is 0 Å². The average molecular weight is 386 g/mol. The van der Waals surface area contributed by atoms with Crippen LogP contribution in [0.1, 0.15) is 5.56 Å². The number of hydrogen-bond donors (Lipinski definition) is 6. The molecule has 0 saturated carbocycles. The molecule has 0 unspecified atom stereocenters. The highest BCUT2D eigenvalue weighted by Gasteiger charge is 2.43. The maximum Gasteiger partial charge on any atom is 0.278 e. The maximum absolute atomic E-state index is 10.9. The minimum atomic E-state index is -1.54. The van der Waals surface area contributed by atoms with Crippen molar-refractivity contribution >= 4 is 29.2 Å². The molecular formula is C14H18N4O7S. The number of para-hydroxylation sites is 1. The zero-order chi connectivity index (χ0) is 19.3. The highest BCUT2D eigenvalue weighted by molar-refractivity contribution is 7.80. The Kier molecular flexibility index (Phi) is 6.90. The topological polar surface area (TPSA) is 170 Å². The van der Waals surface area contributed by atoms with Crippen LogP contribution in [0.4, 0.5) is 5.69 Å². The van der Waals surface area contributed by atoms with Crippen LogP contribution in [-0.2, 0) is 4.74 Å². The molecule has 0 radical (unpaired) electrons. The quantitative estimate of drug-likeness (QED) is 0.147. The van der Waals surface area contributed by atoms with E-state index in [2.05, 4.69) is 15.8 Å². The molecule has 1 aliphatic rings. The fourth-order valence-electron chi connectivity index (χ4n) is 2.31. The van der Waals surface area contributed by atoms with E-state index in [0.717, 1.165) is 0 Å². The fraction of sp³-hybridized carbons (Fsp3) is 0.429. The Balaban J connectivity index is 1.95. The molecule has 2 rings (SSSR count). The number of nitrogens with zero attached hydrogens (tertiary/aromatic N) is 2. The smallest absolute Gasteiger partial charge is 0.278 e. The molecule has 1 aliphatic heterocycles. The molecule has 0 amide bonds. The Hall–Kier alpha value is -2.22. The van der Waals surface area contributed by atoms with Gasteiger partial charge in [0, 0.05) is 6.07 Å². The Morgan fingerprint density at radius 2 is 2.00 bits per heavy atom. The van der Waals surface area contributed by atoms with Gasteiger partial charge in [-0.15, -0.1) is 0 Å². The Labute approximate surface area is 153 Å². The summed E-state index contributed by atoms with van der Waals surface area (Å²) in [6.45, 7) is -0.570. The molecule has 1 aromatic carbocycles. The summed E-state index contributed by atoms with van der Waals surface area (Å²) in [6.07, 6.45) is -5.62. The lowest BCUT2D eigenvalue weighted by molar-refractivity contribution is -0.385. The summed E-state index contributed by atoms with van der Waals surface area (Å²) >= 11 is 4.96. The molecule has 0 aromatic heterocycles. The number of aliphatic hydroxyl groups is 4. The Morgan fingerprint density at radius 1 is 1.31 bits per heavy atom. The van der Waals surface area contributed by atoms with E-state index in [9.17, 15) is 25.4 Å². The van der Waals surface area contributed by atoms with Gasteiger partial charge in [0.05, 0.1) is 23.3 Å². The van der Waals surface area contributed by atoms with E-state index >= 15 is 0 Å². The summed E-state index contributed by atoms with van der Waals surface area (Å²) in [7, 11) is 0. The zero-order valence-electron chi connectivity index (χ0n) is 13.3. The van der Waals surface area contributed by atoms with E-state index in [1.807, 2.05) is 0 Å². The second-order valence-corrected chi connectivity index (χ2v) is 5.82. The zero-order valence-corrected chi connectivity index (χ0v) is 14.1. The van der Waals surface area contributed by atoms with Crippen LogP contribution in [0.15, 0.2) is 29.4 Å². The largest absolute Gasteiger partial charge is 0.394 e. The molecule has 6 N–H and O–H groups in total. The second kappa shape index (κ2) is 8.93. The molecule has 0 bridgehead atoms. The van der Waals surface area contributed by atoms with Gasteiger partial charge in [-0.3, -0.25) is 15.5 Å². The van der Waals surface area contributed by atoms with Crippen molar-refractivity contribution in [1.29, 1.82) is 0 Å². The SMILES string of the molecule is O=[N+]([O-])c1ccccc1/C=N\NC(=S)N[C@@H]1O[C@H](CO)[C@@H](O)[C@H](O)[C@H]1O. The van der Waals surface area contributed by atoms with E-state index in [4.69, 9.17) is 22.1 Å². The van der Waals surface area contributed by atoms with Crippen molar-refractivity contribution < 1.29 is 30.1 Å². The number of nitro groups is 1. The van der Waals surface area contributed by atoms with Crippen LogP contribution in [-0.4, -0.2) is 73.9 Å². The van der Waals surface area contributed by atoms with Crippen molar-refractivity contribution in [2.75, 3.05) is 6.61 Å². The number of hydrazone groups is 1. The number of nitro benzene ring substituents is 1. The van der Waals surface area contributed by atoms with Gasteiger partial charge in [0.25, 0.3) is 5.69 Å². The summed E-state index contributed by atoms with van der Waals surface area (Å²) in [5.41, 5.74) is 2.51. The maximum atomic E-state index is 10.9. The van der Waals surface area contributed by atoms with Crippen molar-refractivity contribution in [3.05, 3.63) is 39.9 Å². The number of rotatable bonds is 5. The van der Waals surface area contributed by atoms with Crippen molar-refractivity contribution in [1.82, 2.24) is 10.7 Å². The van der Waals surface area contributed by atoms with Crippen molar-refractivity contribution in [2.45, 2.75) is 30.6 Å². The highest BCUT2D eigenvalue weighted by atomic mass is 32.1. The number of thiocarbonyl (C=S) groups is 1. The third-order valence-corrected chi connectivity index (χ3v) is 3.88. The number of aliphatic hydroxyl groups excluding tert-OH is 4. The molecule has 0 aliphatic carbocycles. The summed E-state index contributed by atoms with van der Waals surface area (Å²) < 4.78 is 5.23. The summed E-state index contributed by atoms with van der Waals surface area (Å²) in [5, 5.41) is 55.5. The molecule has 1 saturated heterocycles. The van der Waals surface area contributed by atoms with Crippen LogP contribution in [0.5, 0.6) is 0 Å².